The van der Waals surface area contributed by atoms with Gasteiger partial charge in [-0.3, -0.25) is 14.2 Å². The van der Waals surface area contributed by atoms with Crippen molar-refractivity contribution in [1.29, 1.82) is 0 Å². The maximum absolute atomic E-state index is 14.3. The number of rotatable bonds is 7. The Kier molecular flexibility index (Phi) is 6.15. The van der Waals surface area contributed by atoms with E-state index in [2.05, 4.69) is 5.32 Å². The minimum atomic E-state index is -0.562. The zero-order valence-electron chi connectivity index (χ0n) is 18.4. The van der Waals surface area contributed by atoms with Crippen LogP contribution in [-0.4, -0.2) is 15.0 Å². The third kappa shape index (κ3) is 4.58. The summed E-state index contributed by atoms with van der Waals surface area (Å²) in [6, 6.07) is 18.1. The maximum atomic E-state index is 14.3. The summed E-state index contributed by atoms with van der Waals surface area (Å²) in [5.74, 6) is 0.0532. The van der Waals surface area contributed by atoms with Gasteiger partial charge in [0.1, 0.15) is 16.3 Å². The Morgan fingerprint density at radius 2 is 1.80 bits per heavy atom. The quantitative estimate of drug-likeness (QED) is 0.376. The van der Waals surface area contributed by atoms with E-state index in [1.165, 1.54) is 22.0 Å². The molecule has 0 bridgehead atoms. The highest BCUT2D eigenvalue weighted by Gasteiger charge is 2.17. The van der Waals surface area contributed by atoms with E-state index >= 15 is 0 Å². The molecule has 0 atom stereocenters. The van der Waals surface area contributed by atoms with E-state index in [1.807, 2.05) is 0 Å². The second kappa shape index (κ2) is 9.55. The van der Waals surface area contributed by atoms with Gasteiger partial charge in [0.05, 0.1) is 37.0 Å². The van der Waals surface area contributed by atoms with Crippen LogP contribution in [-0.2, 0) is 24.3 Å². The molecular weight excluding hydrogens is 469 g/mol. The summed E-state index contributed by atoms with van der Waals surface area (Å²) in [6.07, 6.45) is 1.68. The lowest BCUT2D eigenvalue weighted by molar-refractivity contribution is -0.120. The summed E-state index contributed by atoms with van der Waals surface area (Å²) in [4.78, 5) is 38.8. The molecule has 1 N–H and O–H groups in total. The molecule has 0 saturated carbocycles. The van der Waals surface area contributed by atoms with Crippen molar-refractivity contribution in [2.45, 2.75) is 19.5 Å². The number of aromatic nitrogens is 2. The first-order valence-corrected chi connectivity index (χ1v) is 11.7. The van der Waals surface area contributed by atoms with Gasteiger partial charge in [0, 0.05) is 5.56 Å². The van der Waals surface area contributed by atoms with E-state index in [0.29, 0.717) is 33.8 Å². The Morgan fingerprint density at radius 3 is 2.54 bits per heavy atom. The number of halogens is 1. The largest absolute Gasteiger partial charge is 0.467 e. The van der Waals surface area contributed by atoms with Gasteiger partial charge < -0.3 is 9.73 Å². The van der Waals surface area contributed by atoms with Crippen molar-refractivity contribution in [1.82, 2.24) is 14.5 Å². The average Bonchev–Trinajstić information content (AvgIpc) is 3.55. The Morgan fingerprint density at radius 1 is 1.00 bits per heavy atom. The van der Waals surface area contributed by atoms with E-state index in [9.17, 15) is 18.8 Å². The minimum absolute atomic E-state index is 0.00700. The number of amides is 1. The van der Waals surface area contributed by atoms with E-state index in [0.717, 1.165) is 10.1 Å². The Labute approximate surface area is 202 Å². The van der Waals surface area contributed by atoms with Crippen LogP contribution in [0.3, 0.4) is 0 Å². The van der Waals surface area contributed by atoms with Gasteiger partial charge in [-0.05, 0) is 47.3 Å². The van der Waals surface area contributed by atoms with Crippen LogP contribution in [0.2, 0.25) is 0 Å². The average molecular weight is 490 g/mol. The van der Waals surface area contributed by atoms with E-state index in [-0.39, 0.29) is 18.9 Å². The monoisotopic (exact) mass is 489 g/mol. The van der Waals surface area contributed by atoms with Crippen molar-refractivity contribution in [3.63, 3.8) is 0 Å². The van der Waals surface area contributed by atoms with Crippen molar-refractivity contribution in [2.75, 3.05) is 0 Å². The summed E-state index contributed by atoms with van der Waals surface area (Å²) in [7, 11) is 0. The molecule has 0 aliphatic rings. The smallest absolute Gasteiger partial charge is 0.336 e. The van der Waals surface area contributed by atoms with Gasteiger partial charge in [-0.15, -0.1) is 11.3 Å². The normalized spacial score (nSPS) is 11.1. The fourth-order valence-electron chi connectivity index (χ4n) is 3.87. The Balaban J connectivity index is 1.44. The molecule has 5 rings (SSSR count). The Bertz CT molecular complexity index is 1620. The number of nitrogens with one attached hydrogen (secondary N) is 1. The van der Waals surface area contributed by atoms with Gasteiger partial charge >= 0.3 is 5.69 Å². The van der Waals surface area contributed by atoms with Crippen LogP contribution in [0.4, 0.5) is 4.39 Å². The van der Waals surface area contributed by atoms with Gasteiger partial charge in [0.15, 0.2) is 0 Å². The molecule has 0 aliphatic carbocycles. The second-order valence-corrected chi connectivity index (χ2v) is 8.85. The van der Waals surface area contributed by atoms with Crippen molar-refractivity contribution < 1.29 is 13.6 Å². The third-order valence-corrected chi connectivity index (χ3v) is 6.53. The number of thiophene rings is 1. The minimum Gasteiger partial charge on any atom is -0.467 e. The third-order valence-electron chi connectivity index (χ3n) is 5.64. The van der Waals surface area contributed by atoms with Gasteiger partial charge in [-0.25, -0.2) is 13.8 Å². The lowest BCUT2D eigenvalue weighted by Crippen LogP contribution is -2.38. The molecule has 0 aliphatic heterocycles. The first-order valence-electron chi connectivity index (χ1n) is 10.9. The molecule has 2 aromatic carbocycles. The number of nitrogens with zero attached hydrogens (tertiary/aromatic N) is 2. The predicted octanol–water partition coefficient (Wildman–Crippen LogP) is 3.85. The second-order valence-electron chi connectivity index (χ2n) is 7.93. The summed E-state index contributed by atoms with van der Waals surface area (Å²) in [5, 5.41) is 4.51. The summed E-state index contributed by atoms with van der Waals surface area (Å²) in [5.41, 5.74) is 0.916. The SMILES string of the molecule is O=C(Cc1ccc(-n2c(=O)c3sccc3n(Cc3ccccc3F)c2=O)cc1)NCc1ccco1. The zero-order chi connectivity index (χ0) is 24.4. The topological polar surface area (TPSA) is 86.2 Å². The summed E-state index contributed by atoms with van der Waals surface area (Å²) >= 11 is 1.23. The molecule has 0 radical (unpaired) electrons. The van der Waals surface area contributed by atoms with Crippen molar-refractivity contribution >= 4 is 27.5 Å². The van der Waals surface area contributed by atoms with Gasteiger partial charge in [-0.2, -0.15) is 0 Å². The lowest BCUT2D eigenvalue weighted by atomic mass is 10.1. The van der Waals surface area contributed by atoms with Gasteiger partial charge in [-0.1, -0.05) is 30.3 Å². The molecule has 35 heavy (non-hydrogen) atoms. The molecule has 3 heterocycles. The number of benzene rings is 2. The number of fused-ring (bicyclic) bond motifs is 1. The first kappa shape index (κ1) is 22.5. The molecular formula is C26H20FN3O4S. The number of furan rings is 1. The van der Waals surface area contributed by atoms with Gasteiger partial charge in [0.2, 0.25) is 5.91 Å². The van der Waals surface area contributed by atoms with Crippen molar-refractivity contribution in [2.24, 2.45) is 0 Å². The van der Waals surface area contributed by atoms with Crippen molar-refractivity contribution in [3.05, 3.63) is 122 Å². The molecule has 1 amide bonds. The van der Waals surface area contributed by atoms with Crippen LogP contribution < -0.4 is 16.6 Å². The highest BCUT2D eigenvalue weighted by molar-refractivity contribution is 7.17. The van der Waals surface area contributed by atoms with Gasteiger partial charge in [0.25, 0.3) is 5.56 Å². The predicted molar refractivity (Wildman–Crippen MR) is 131 cm³/mol. The van der Waals surface area contributed by atoms with Crippen LogP contribution >= 0.6 is 11.3 Å². The fourth-order valence-corrected chi connectivity index (χ4v) is 4.70. The first-order chi connectivity index (χ1) is 17.0. The molecule has 9 heteroatoms. The van der Waals surface area contributed by atoms with Crippen LogP contribution in [0.25, 0.3) is 15.9 Å². The van der Waals surface area contributed by atoms with Crippen LogP contribution in [0.15, 0.2) is 92.4 Å². The Hall–Kier alpha value is -4.24. The molecule has 5 aromatic rings. The van der Waals surface area contributed by atoms with Crippen molar-refractivity contribution in [3.8, 4) is 5.69 Å². The molecule has 0 spiro atoms. The van der Waals surface area contributed by atoms with Crippen LogP contribution in [0.5, 0.6) is 0 Å². The fraction of sp³-hybridized carbons (Fsp3) is 0.115. The van der Waals surface area contributed by atoms with E-state index in [4.69, 9.17) is 4.42 Å². The van der Waals surface area contributed by atoms with Crippen LogP contribution in [0, 0.1) is 5.82 Å². The van der Waals surface area contributed by atoms with E-state index < -0.39 is 17.1 Å². The number of hydrogen-bond acceptors (Lipinski definition) is 5. The van der Waals surface area contributed by atoms with E-state index in [1.54, 1.807) is 72.3 Å². The number of hydrogen-bond donors (Lipinski definition) is 1. The lowest BCUT2D eigenvalue weighted by Gasteiger charge is -2.13. The molecule has 0 fully saturated rings. The number of carbonyl (C=O) groups is 1. The summed E-state index contributed by atoms with van der Waals surface area (Å²) in [6.45, 7) is 0.286. The number of carbonyl (C=O) groups excluding carboxylic acids is 1. The van der Waals surface area contributed by atoms with Crippen LogP contribution in [0.1, 0.15) is 16.9 Å². The zero-order valence-corrected chi connectivity index (χ0v) is 19.3. The molecule has 3 aromatic heterocycles. The molecule has 0 unspecified atom stereocenters. The molecule has 7 nitrogen and oxygen atoms in total. The summed E-state index contributed by atoms with van der Waals surface area (Å²) < 4.78 is 22.4. The molecule has 176 valence electrons. The highest BCUT2D eigenvalue weighted by Crippen LogP contribution is 2.19. The maximum Gasteiger partial charge on any atom is 0.336 e. The highest BCUT2D eigenvalue weighted by atomic mass is 32.1. The standard InChI is InChI=1S/C26H20FN3O4S/c27-21-6-2-1-4-18(21)16-29-22-11-13-35-24(22)25(32)30(26(29)33)19-9-7-17(8-10-19)14-23(31)28-15-20-5-3-12-34-20/h1-13H,14-16H2,(H,28,31). The molecule has 0 saturated heterocycles.